The van der Waals surface area contributed by atoms with Gasteiger partial charge >= 0.3 is 0 Å². The highest BCUT2D eigenvalue weighted by atomic mass is 127. The van der Waals surface area contributed by atoms with Gasteiger partial charge in [0.1, 0.15) is 20.9 Å². The number of halogens is 1. The van der Waals surface area contributed by atoms with E-state index in [2.05, 4.69) is 32.6 Å². The lowest BCUT2D eigenvalue weighted by Gasteiger charge is -2.14. The Morgan fingerprint density at radius 2 is 1.42 bits per heavy atom. The summed E-state index contributed by atoms with van der Waals surface area (Å²) in [6.07, 6.45) is -0.0678. The molecule has 0 unspecified atom stereocenters. The van der Waals surface area contributed by atoms with Gasteiger partial charge in [-0.3, -0.25) is 0 Å². The van der Waals surface area contributed by atoms with E-state index in [1.54, 1.807) is 0 Å². The predicted octanol–water partition coefficient (Wildman–Crippen LogP) is 4.57. The molecule has 1 aromatic heterocycles. The van der Waals surface area contributed by atoms with E-state index < -0.39 is 0 Å². The van der Waals surface area contributed by atoms with Crippen LogP contribution in [0.5, 0.6) is 11.6 Å². The van der Waals surface area contributed by atoms with Gasteiger partial charge in [-0.15, -0.1) is 0 Å². The van der Waals surface area contributed by atoms with Crippen molar-refractivity contribution in [1.29, 1.82) is 0 Å². The second-order valence-corrected chi connectivity index (χ2v) is 5.85. The monoisotopic (exact) mass is 433 g/mol. The molecular formula is C19H17IN2O2. The van der Waals surface area contributed by atoms with Crippen molar-refractivity contribution in [2.24, 2.45) is 0 Å². The van der Waals surface area contributed by atoms with Gasteiger partial charge in [-0.2, -0.15) is 4.98 Å². The number of alkyl halides is 1. The molecule has 1 heterocycles. The summed E-state index contributed by atoms with van der Waals surface area (Å²) in [5.74, 6) is 0.816. The summed E-state index contributed by atoms with van der Waals surface area (Å²) in [5, 5.41) is 0. The normalized spacial score (nSPS) is 11.0. The Morgan fingerprint density at radius 1 is 0.833 bits per heavy atom. The summed E-state index contributed by atoms with van der Waals surface area (Å²) in [7, 11) is 0. The molecule has 4 nitrogen and oxygen atoms in total. The van der Waals surface area contributed by atoms with Crippen LogP contribution in [0.3, 0.4) is 0 Å². The molecule has 5 heteroatoms. The third kappa shape index (κ3) is 4.44. The standard InChI is InChI=1S/C19H17IN2O2/c20-11-17-18(23-12-15-7-3-1-4-8-15)19(22-14-21-17)24-13-16-9-5-2-6-10-16/h1-10,14H,11-13H2/i14D. The molecule has 24 heavy (non-hydrogen) atoms. The number of rotatable bonds is 7. The smallest absolute Gasteiger partial charge is 0.260 e. The van der Waals surface area contributed by atoms with Crippen LogP contribution in [0.15, 0.2) is 67.0 Å². The van der Waals surface area contributed by atoms with E-state index in [4.69, 9.17) is 10.8 Å². The molecule has 0 radical (unpaired) electrons. The van der Waals surface area contributed by atoms with Crippen molar-refractivity contribution in [3.63, 3.8) is 0 Å². The average molecular weight is 433 g/mol. The minimum atomic E-state index is -0.0678. The molecule has 0 saturated heterocycles. The van der Waals surface area contributed by atoms with Crippen molar-refractivity contribution in [3.8, 4) is 11.6 Å². The Bertz CT molecular complexity index is 816. The van der Waals surface area contributed by atoms with E-state index in [1.165, 1.54) is 0 Å². The molecule has 0 aliphatic heterocycles. The first-order chi connectivity index (χ1) is 12.3. The highest BCUT2D eigenvalue weighted by Gasteiger charge is 2.14. The first-order valence-electron chi connectivity index (χ1n) is 8.03. The number of benzene rings is 2. The van der Waals surface area contributed by atoms with E-state index in [0.29, 0.717) is 35.0 Å². The SMILES string of the molecule is [2H]c1nc(CI)c(OCc2ccccc2)c(OCc2ccccc2)n1. The molecule has 0 saturated carbocycles. The molecule has 122 valence electrons. The number of nitrogens with zero attached hydrogens (tertiary/aromatic N) is 2. The Balaban J connectivity index is 1.81. The van der Waals surface area contributed by atoms with Crippen LogP contribution >= 0.6 is 22.6 Å². The quantitative estimate of drug-likeness (QED) is 0.405. The molecule has 0 fully saturated rings. The molecule has 0 atom stereocenters. The maximum Gasteiger partial charge on any atom is 0.260 e. The Kier molecular flexibility index (Phi) is 5.53. The van der Waals surface area contributed by atoms with Gasteiger partial charge in [0.15, 0.2) is 0 Å². The molecule has 0 aliphatic rings. The van der Waals surface area contributed by atoms with Gasteiger partial charge in [-0.25, -0.2) is 4.98 Å². The van der Waals surface area contributed by atoms with E-state index >= 15 is 0 Å². The van der Waals surface area contributed by atoms with Gasteiger partial charge in [-0.1, -0.05) is 83.3 Å². The minimum Gasteiger partial charge on any atom is -0.482 e. The summed E-state index contributed by atoms with van der Waals surface area (Å²) >= 11 is 2.20. The average Bonchev–Trinajstić information content (AvgIpc) is 2.66. The van der Waals surface area contributed by atoms with Crippen molar-refractivity contribution in [2.75, 3.05) is 0 Å². The maximum absolute atomic E-state index is 7.79. The summed E-state index contributed by atoms with van der Waals surface area (Å²) in [5.41, 5.74) is 2.74. The van der Waals surface area contributed by atoms with Crippen molar-refractivity contribution in [2.45, 2.75) is 17.6 Å². The van der Waals surface area contributed by atoms with E-state index in [9.17, 15) is 0 Å². The molecule has 3 rings (SSSR count). The number of hydrogen-bond acceptors (Lipinski definition) is 4. The first kappa shape index (κ1) is 15.4. The van der Waals surface area contributed by atoms with E-state index in [-0.39, 0.29) is 6.30 Å². The first-order valence-corrected chi connectivity index (χ1v) is 9.05. The molecular weight excluding hydrogens is 415 g/mol. The van der Waals surface area contributed by atoms with Crippen molar-refractivity contribution in [3.05, 3.63) is 83.8 Å². The third-order valence-corrected chi connectivity index (χ3v) is 4.09. The van der Waals surface area contributed by atoms with Crippen LogP contribution in [0.25, 0.3) is 0 Å². The lowest BCUT2D eigenvalue weighted by Crippen LogP contribution is -2.05. The number of hydrogen-bond donors (Lipinski definition) is 0. The number of aromatic nitrogens is 2. The fourth-order valence-electron chi connectivity index (χ4n) is 2.14. The summed E-state index contributed by atoms with van der Waals surface area (Å²) in [6.45, 7) is 0.757. The second kappa shape index (κ2) is 8.63. The highest BCUT2D eigenvalue weighted by Crippen LogP contribution is 2.30. The predicted molar refractivity (Wildman–Crippen MR) is 101 cm³/mol. The fourth-order valence-corrected chi connectivity index (χ4v) is 2.66. The van der Waals surface area contributed by atoms with Gasteiger partial charge in [0.05, 0.1) is 5.69 Å². The molecule has 0 amide bonds. The zero-order valence-corrected chi connectivity index (χ0v) is 15.1. The molecule has 0 bridgehead atoms. The summed E-state index contributed by atoms with van der Waals surface area (Å²) in [4.78, 5) is 8.28. The van der Waals surface area contributed by atoms with E-state index in [1.807, 2.05) is 60.7 Å². The van der Waals surface area contributed by atoms with Crippen molar-refractivity contribution in [1.82, 2.24) is 9.97 Å². The third-order valence-electron chi connectivity index (χ3n) is 3.36. The molecule has 0 N–H and O–H groups in total. The van der Waals surface area contributed by atoms with Crippen LogP contribution in [0.2, 0.25) is 0 Å². The number of ether oxygens (including phenoxy) is 2. The highest BCUT2D eigenvalue weighted by molar-refractivity contribution is 14.1. The van der Waals surface area contributed by atoms with Crippen molar-refractivity contribution >= 4 is 22.6 Å². The van der Waals surface area contributed by atoms with Gasteiger partial charge in [0, 0.05) is 4.43 Å². The zero-order valence-electron chi connectivity index (χ0n) is 14.0. The van der Waals surface area contributed by atoms with Crippen LogP contribution in [-0.4, -0.2) is 9.97 Å². The van der Waals surface area contributed by atoms with Gasteiger partial charge in [-0.05, 0) is 11.1 Å². The van der Waals surface area contributed by atoms with Crippen molar-refractivity contribution < 1.29 is 10.8 Å². The molecule has 3 aromatic rings. The zero-order chi connectivity index (χ0) is 17.5. The van der Waals surface area contributed by atoms with Crippen LogP contribution in [0.4, 0.5) is 0 Å². The Morgan fingerprint density at radius 3 is 2.00 bits per heavy atom. The van der Waals surface area contributed by atoms with Gasteiger partial charge < -0.3 is 9.47 Å². The van der Waals surface area contributed by atoms with Crippen LogP contribution in [0, 0.1) is 0 Å². The van der Waals surface area contributed by atoms with Crippen LogP contribution < -0.4 is 9.47 Å². The van der Waals surface area contributed by atoms with Gasteiger partial charge in [0.25, 0.3) is 5.88 Å². The molecule has 0 aliphatic carbocycles. The summed E-state index contributed by atoms with van der Waals surface area (Å²) in [6, 6.07) is 19.7. The topological polar surface area (TPSA) is 44.2 Å². The molecule has 2 aromatic carbocycles. The summed E-state index contributed by atoms with van der Waals surface area (Å²) < 4.78 is 20.2. The van der Waals surface area contributed by atoms with E-state index in [0.717, 1.165) is 11.1 Å². The maximum atomic E-state index is 7.79. The molecule has 0 spiro atoms. The lowest BCUT2D eigenvalue weighted by molar-refractivity contribution is 0.244. The Labute approximate surface area is 156 Å². The minimum absolute atomic E-state index is 0.0678. The Hall–Kier alpha value is -2.15. The van der Waals surface area contributed by atoms with Crippen LogP contribution in [0.1, 0.15) is 18.2 Å². The lowest BCUT2D eigenvalue weighted by atomic mass is 10.2. The van der Waals surface area contributed by atoms with Crippen LogP contribution in [-0.2, 0) is 17.6 Å². The van der Waals surface area contributed by atoms with Gasteiger partial charge in [0.2, 0.25) is 5.75 Å². The largest absolute Gasteiger partial charge is 0.482 e. The second-order valence-electron chi connectivity index (χ2n) is 5.09. The fraction of sp³-hybridized carbons (Fsp3) is 0.158.